The van der Waals surface area contributed by atoms with Gasteiger partial charge in [0, 0.05) is 26.2 Å². The minimum atomic E-state index is -3.71. The standard InChI is InChI=1S/C19H26N4O3S/c1-4-22-9-11-23(12-10-22)16-5-8-19(20-14-16)21-27(24,25)18-7-6-17(26-3)13-15(18)2/h5-8,13-14H,4,9-12H2,1-3H3,(H,20,21). The minimum Gasteiger partial charge on any atom is -0.497 e. The summed E-state index contributed by atoms with van der Waals surface area (Å²) in [4.78, 5) is 9.19. The molecule has 3 rings (SSSR count). The number of ether oxygens (including phenoxy) is 1. The highest BCUT2D eigenvalue weighted by Gasteiger charge is 2.19. The first-order chi connectivity index (χ1) is 12.9. The molecule has 2 heterocycles. The van der Waals surface area contributed by atoms with Crippen LogP contribution in [0.25, 0.3) is 0 Å². The van der Waals surface area contributed by atoms with Crippen LogP contribution < -0.4 is 14.4 Å². The van der Waals surface area contributed by atoms with Crippen molar-refractivity contribution in [1.29, 1.82) is 0 Å². The van der Waals surface area contributed by atoms with Crippen molar-refractivity contribution in [2.24, 2.45) is 0 Å². The number of aryl methyl sites for hydroxylation is 1. The van der Waals surface area contributed by atoms with Crippen LogP contribution in [0.1, 0.15) is 12.5 Å². The molecule has 7 nitrogen and oxygen atoms in total. The number of benzene rings is 1. The van der Waals surface area contributed by atoms with Gasteiger partial charge in [-0.2, -0.15) is 0 Å². The first-order valence-corrected chi connectivity index (χ1v) is 10.5. The lowest BCUT2D eigenvalue weighted by Crippen LogP contribution is -2.46. The van der Waals surface area contributed by atoms with Gasteiger partial charge in [-0.3, -0.25) is 4.72 Å². The second kappa shape index (κ2) is 8.14. The average Bonchev–Trinajstić information content (AvgIpc) is 2.68. The van der Waals surface area contributed by atoms with Gasteiger partial charge in [-0.15, -0.1) is 0 Å². The number of likely N-dealkylation sites (N-methyl/N-ethyl adjacent to an activating group) is 1. The van der Waals surface area contributed by atoms with E-state index in [2.05, 4.69) is 26.4 Å². The van der Waals surface area contributed by atoms with Crippen molar-refractivity contribution in [1.82, 2.24) is 9.88 Å². The highest BCUT2D eigenvalue weighted by molar-refractivity contribution is 7.92. The van der Waals surface area contributed by atoms with Gasteiger partial charge in [0.05, 0.1) is 23.9 Å². The monoisotopic (exact) mass is 390 g/mol. The van der Waals surface area contributed by atoms with E-state index >= 15 is 0 Å². The second-order valence-electron chi connectivity index (χ2n) is 6.56. The minimum absolute atomic E-state index is 0.213. The topological polar surface area (TPSA) is 74.8 Å². The summed E-state index contributed by atoms with van der Waals surface area (Å²) < 4.78 is 33.0. The number of nitrogens with zero attached hydrogens (tertiary/aromatic N) is 3. The van der Waals surface area contributed by atoms with Gasteiger partial charge in [0.2, 0.25) is 0 Å². The lowest BCUT2D eigenvalue weighted by atomic mass is 10.2. The highest BCUT2D eigenvalue weighted by Crippen LogP contribution is 2.24. The number of hydrogen-bond acceptors (Lipinski definition) is 6. The molecule has 1 fully saturated rings. The number of piperazine rings is 1. The van der Waals surface area contributed by atoms with Gasteiger partial charge >= 0.3 is 0 Å². The third-order valence-corrected chi connectivity index (χ3v) is 6.36. The number of sulfonamides is 1. The zero-order valence-electron chi connectivity index (χ0n) is 16.0. The predicted octanol–water partition coefficient (Wildman–Crippen LogP) is 2.34. The molecule has 1 aromatic carbocycles. The quantitative estimate of drug-likeness (QED) is 0.816. The van der Waals surface area contributed by atoms with E-state index in [1.54, 1.807) is 38.4 Å². The van der Waals surface area contributed by atoms with Crippen LogP contribution in [0.2, 0.25) is 0 Å². The van der Waals surface area contributed by atoms with Gasteiger partial charge in [-0.1, -0.05) is 6.92 Å². The van der Waals surface area contributed by atoms with Crippen molar-refractivity contribution in [3.63, 3.8) is 0 Å². The van der Waals surface area contributed by atoms with Crippen molar-refractivity contribution < 1.29 is 13.2 Å². The Bertz CT molecular complexity index is 876. The molecule has 1 saturated heterocycles. The molecule has 1 aliphatic rings. The molecular formula is C19H26N4O3S. The summed E-state index contributed by atoms with van der Waals surface area (Å²) in [5, 5.41) is 0. The maximum Gasteiger partial charge on any atom is 0.263 e. The SMILES string of the molecule is CCN1CCN(c2ccc(NS(=O)(=O)c3ccc(OC)cc3C)nc2)CC1. The molecule has 27 heavy (non-hydrogen) atoms. The van der Waals surface area contributed by atoms with Crippen molar-refractivity contribution in [3.05, 3.63) is 42.1 Å². The largest absolute Gasteiger partial charge is 0.497 e. The van der Waals surface area contributed by atoms with Gasteiger partial charge in [0.1, 0.15) is 11.6 Å². The Morgan fingerprint density at radius 1 is 1.15 bits per heavy atom. The summed E-state index contributed by atoms with van der Waals surface area (Å²) in [5.74, 6) is 0.929. The fourth-order valence-electron chi connectivity index (χ4n) is 3.20. The molecule has 0 radical (unpaired) electrons. The van der Waals surface area contributed by atoms with Crippen molar-refractivity contribution in [2.75, 3.05) is 49.5 Å². The lowest BCUT2D eigenvalue weighted by molar-refractivity contribution is 0.271. The zero-order chi connectivity index (χ0) is 19.4. The Kier molecular flexibility index (Phi) is 5.86. The van der Waals surface area contributed by atoms with Crippen molar-refractivity contribution >= 4 is 21.5 Å². The van der Waals surface area contributed by atoms with Crippen LogP contribution in [-0.2, 0) is 10.0 Å². The zero-order valence-corrected chi connectivity index (χ0v) is 16.8. The van der Waals surface area contributed by atoms with E-state index < -0.39 is 10.0 Å². The molecule has 0 unspecified atom stereocenters. The molecule has 0 atom stereocenters. The molecule has 146 valence electrons. The maximum absolute atomic E-state index is 12.7. The van der Waals surface area contributed by atoms with E-state index in [-0.39, 0.29) is 4.90 Å². The second-order valence-corrected chi connectivity index (χ2v) is 8.21. The molecule has 0 amide bonds. The summed E-state index contributed by atoms with van der Waals surface area (Å²) >= 11 is 0. The Hall–Kier alpha value is -2.32. The fourth-order valence-corrected chi connectivity index (χ4v) is 4.43. The van der Waals surface area contributed by atoms with E-state index in [0.717, 1.165) is 38.4 Å². The van der Waals surface area contributed by atoms with Crippen LogP contribution >= 0.6 is 0 Å². The Balaban J connectivity index is 1.70. The van der Waals surface area contributed by atoms with E-state index in [1.807, 2.05) is 6.07 Å². The molecule has 1 aromatic heterocycles. The number of rotatable bonds is 6. The normalized spacial score (nSPS) is 15.6. The third-order valence-electron chi connectivity index (χ3n) is 4.84. The van der Waals surface area contributed by atoms with Gasteiger partial charge in [-0.05, 0) is 49.4 Å². The van der Waals surface area contributed by atoms with Crippen LogP contribution in [0.5, 0.6) is 5.75 Å². The number of aromatic nitrogens is 1. The molecule has 2 aromatic rings. The highest BCUT2D eigenvalue weighted by atomic mass is 32.2. The molecule has 0 saturated carbocycles. The van der Waals surface area contributed by atoms with Crippen LogP contribution in [0.15, 0.2) is 41.4 Å². The summed E-state index contributed by atoms with van der Waals surface area (Å²) in [7, 11) is -2.16. The third kappa shape index (κ3) is 4.51. The molecule has 0 aliphatic carbocycles. The van der Waals surface area contributed by atoms with Crippen molar-refractivity contribution in [3.8, 4) is 5.75 Å². The number of methoxy groups -OCH3 is 1. The van der Waals surface area contributed by atoms with Crippen LogP contribution in [-0.4, -0.2) is 58.1 Å². The molecule has 1 N–H and O–H groups in total. The Labute approximate surface area is 161 Å². The number of hydrogen-bond donors (Lipinski definition) is 1. The number of anilines is 2. The smallest absolute Gasteiger partial charge is 0.263 e. The molecule has 0 bridgehead atoms. The van der Waals surface area contributed by atoms with Gasteiger partial charge < -0.3 is 14.5 Å². The molecule has 1 aliphatic heterocycles. The Morgan fingerprint density at radius 2 is 1.89 bits per heavy atom. The van der Waals surface area contributed by atoms with Gasteiger partial charge in [0.15, 0.2) is 0 Å². The van der Waals surface area contributed by atoms with E-state index in [9.17, 15) is 8.42 Å². The maximum atomic E-state index is 12.7. The first kappa shape index (κ1) is 19.4. The summed E-state index contributed by atoms with van der Waals surface area (Å²) in [6.45, 7) is 8.93. The van der Waals surface area contributed by atoms with Crippen molar-refractivity contribution in [2.45, 2.75) is 18.7 Å². The van der Waals surface area contributed by atoms with Crippen LogP contribution in [0.4, 0.5) is 11.5 Å². The summed E-state index contributed by atoms with van der Waals surface area (Å²) in [6, 6.07) is 8.48. The summed E-state index contributed by atoms with van der Waals surface area (Å²) in [6.07, 6.45) is 1.72. The number of pyridine rings is 1. The average molecular weight is 391 g/mol. The van der Waals surface area contributed by atoms with E-state index in [4.69, 9.17) is 4.74 Å². The molecule has 0 spiro atoms. The predicted molar refractivity (Wildman–Crippen MR) is 107 cm³/mol. The van der Waals surface area contributed by atoms with Crippen LogP contribution in [0.3, 0.4) is 0 Å². The van der Waals surface area contributed by atoms with Crippen LogP contribution in [0, 0.1) is 6.92 Å². The summed E-state index contributed by atoms with van der Waals surface area (Å²) in [5.41, 5.74) is 1.63. The lowest BCUT2D eigenvalue weighted by Gasteiger charge is -2.35. The van der Waals surface area contributed by atoms with E-state index in [1.165, 1.54) is 6.07 Å². The number of nitrogens with one attached hydrogen (secondary N) is 1. The molecular weight excluding hydrogens is 364 g/mol. The van der Waals surface area contributed by atoms with Gasteiger partial charge in [0.25, 0.3) is 10.0 Å². The fraction of sp³-hybridized carbons (Fsp3) is 0.421. The first-order valence-electron chi connectivity index (χ1n) is 9.04. The van der Waals surface area contributed by atoms with E-state index in [0.29, 0.717) is 17.1 Å². The van der Waals surface area contributed by atoms with Gasteiger partial charge in [-0.25, -0.2) is 13.4 Å². The Morgan fingerprint density at radius 3 is 2.44 bits per heavy atom. The molecule has 8 heteroatoms.